The third-order valence-electron chi connectivity index (χ3n) is 7.87. The highest BCUT2D eigenvalue weighted by Crippen LogP contribution is 2.42. The van der Waals surface area contributed by atoms with Crippen LogP contribution in [0.2, 0.25) is 0 Å². The summed E-state index contributed by atoms with van der Waals surface area (Å²) in [5.74, 6) is 1.46. The van der Waals surface area contributed by atoms with Gasteiger partial charge in [-0.25, -0.2) is 24.9 Å². The van der Waals surface area contributed by atoms with Crippen LogP contribution in [-0.4, -0.2) is 35.4 Å². The molecule has 0 saturated carbocycles. The van der Waals surface area contributed by atoms with Crippen LogP contribution in [0.4, 0.5) is 5.69 Å². The molecule has 8 heteroatoms. The average Bonchev–Trinajstić information content (AvgIpc) is 3.52. The van der Waals surface area contributed by atoms with Gasteiger partial charge in [-0.3, -0.25) is 4.79 Å². The molecule has 3 aromatic heterocycles. The number of aryl methyl sites for hydroxylation is 3. The van der Waals surface area contributed by atoms with E-state index in [-0.39, 0.29) is 5.91 Å². The van der Waals surface area contributed by atoms with Gasteiger partial charge in [0.1, 0.15) is 29.2 Å². The molecule has 43 heavy (non-hydrogen) atoms. The number of hydrogen-bond donors (Lipinski definition) is 1. The SMILES string of the molecule is CCn1c(-c2cnc(C)nc2)nc2c(-c3ccc4c(c3)C(C)(Cc3ccccc3)C(=O)N4)ncnc21.Cc1ccccc1. The smallest absolute Gasteiger partial charge is 0.235 e. The summed E-state index contributed by atoms with van der Waals surface area (Å²) in [6.45, 7) is 8.69. The lowest BCUT2D eigenvalue weighted by molar-refractivity contribution is -0.120. The van der Waals surface area contributed by atoms with E-state index in [1.165, 1.54) is 5.56 Å². The van der Waals surface area contributed by atoms with Gasteiger partial charge in [-0.1, -0.05) is 72.3 Å². The molecule has 0 fully saturated rings. The summed E-state index contributed by atoms with van der Waals surface area (Å²) in [6.07, 6.45) is 5.74. The van der Waals surface area contributed by atoms with Gasteiger partial charge in [-0.15, -0.1) is 0 Å². The van der Waals surface area contributed by atoms with E-state index in [0.29, 0.717) is 24.3 Å². The van der Waals surface area contributed by atoms with Crippen molar-refractivity contribution in [3.05, 3.63) is 120 Å². The summed E-state index contributed by atoms with van der Waals surface area (Å²) in [7, 11) is 0. The fourth-order valence-corrected chi connectivity index (χ4v) is 5.53. The van der Waals surface area contributed by atoms with Crippen molar-refractivity contribution in [2.24, 2.45) is 0 Å². The largest absolute Gasteiger partial charge is 0.325 e. The lowest BCUT2D eigenvalue weighted by atomic mass is 9.78. The standard InChI is InChI=1S/C28H25N7O.C7H8/c1-4-35-25(20-14-29-17(2)30-15-20)34-24-23(31-16-32-26(24)35)19-10-11-22-21(12-19)28(3,27(36)33-22)13-18-8-6-5-7-9-18;1-7-5-3-2-4-6-7/h5-12,14-16H,4,13H2,1-3H3,(H,33,36);2-6H,1H3. The second kappa shape index (κ2) is 11.6. The zero-order valence-electron chi connectivity index (χ0n) is 24.7. The van der Waals surface area contributed by atoms with E-state index >= 15 is 0 Å². The first-order valence-corrected chi connectivity index (χ1v) is 14.4. The number of amides is 1. The number of carbonyl (C=O) groups is 1. The fraction of sp³-hybridized carbons (Fsp3) is 0.200. The number of aromatic nitrogens is 6. The van der Waals surface area contributed by atoms with E-state index in [4.69, 9.17) is 4.98 Å². The Morgan fingerprint density at radius 2 is 1.53 bits per heavy atom. The predicted octanol–water partition coefficient (Wildman–Crippen LogP) is 6.73. The van der Waals surface area contributed by atoms with E-state index in [1.54, 1.807) is 18.7 Å². The number of hydrogen-bond acceptors (Lipinski definition) is 6. The Morgan fingerprint density at radius 1 is 0.837 bits per heavy atom. The summed E-state index contributed by atoms with van der Waals surface area (Å²) in [6, 6.07) is 26.4. The maximum atomic E-state index is 13.1. The molecule has 1 aliphatic heterocycles. The molecule has 0 aliphatic carbocycles. The molecule has 0 radical (unpaired) electrons. The van der Waals surface area contributed by atoms with E-state index in [2.05, 4.69) is 69.4 Å². The Kier molecular flexibility index (Phi) is 7.50. The van der Waals surface area contributed by atoms with Gasteiger partial charge >= 0.3 is 0 Å². The molecule has 1 aliphatic rings. The number of benzene rings is 3. The third-order valence-corrected chi connectivity index (χ3v) is 7.87. The van der Waals surface area contributed by atoms with Crippen LogP contribution in [-0.2, 0) is 23.2 Å². The van der Waals surface area contributed by atoms with Crippen LogP contribution in [0.25, 0.3) is 33.8 Å². The molecule has 4 heterocycles. The van der Waals surface area contributed by atoms with Crippen LogP contribution in [0.3, 0.4) is 0 Å². The van der Waals surface area contributed by atoms with Crippen LogP contribution < -0.4 is 5.32 Å². The molecule has 1 amide bonds. The fourth-order valence-electron chi connectivity index (χ4n) is 5.53. The van der Waals surface area contributed by atoms with Crippen molar-refractivity contribution >= 4 is 22.8 Å². The Balaban J connectivity index is 0.000000415. The Bertz CT molecular complexity index is 1900. The van der Waals surface area contributed by atoms with Gasteiger partial charge < -0.3 is 9.88 Å². The first-order valence-electron chi connectivity index (χ1n) is 14.4. The number of nitrogens with zero attached hydrogens (tertiary/aromatic N) is 6. The quantitative estimate of drug-likeness (QED) is 0.248. The van der Waals surface area contributed by atoms with Gasteiger partial charge in [0.05, 0.1) is 11.0 Å². The molecule has 214 valence electrons. The highest BCUT2D eigenvalue weighted by Gasteiger charge is 2.43. The molecule has 6 aromatic rings. The second-order valence-electron chi connectivity index (χ2n) is 11.0. The van der Waals surface area contributed by atoms with Crippen LogP contribution in [0.1, 0.15) is 36.4 Å². The van der Waals surface area contributed by atoms with Crippen LogP contribution in [0, 0.1) is 13.8 Å². The third kappa shape index (κ3) is 5.39. The van der Waals surface area contributed by atoms with Gasteiger partial charge in [0, 0.05) is 30.2 Å². The Labute approximate surface area is 250 Å². The maximum absolute atomic E-state index is 13.1. The summed E-state index contributed by atoms with van der Waals surface area (Å²) in [5.41, 5.74) is 7.45. The molecule has 1 N–H and O–H groups in total. The molecule has 7 rings (SSSR count). The number of anilines is 1. The van der Waals surface area contributed by atoms with Crippen molar-refractivity contribution < 1.29 is 4.79 Å². The topological polar surface area (TPSA) is 98.5 Å². The van der Waals surface area contributed by atoms with Crippen molar-refractivity contribution in [2.75, 3.05) is 5.32 Å². The summed E-state index contributed by atoms with van der Waals surface area (Å²) in [4.78, 5) is 35.9. The second-order valence-corrected chi connectivity index (χ2v) is 11.0. The number of rotatable bonds is 5. The molecule has 0 spiro atoms. The van der Waals surface area contributed by atoms with Gasteiger partial charge in [0.15, 0.2) is 5.65 Å². The first-order chi connectivity index (χ1) is 20.9. The minimum Gasteiger partial charge on any atom is -0.325 e. The van der Waals surface area contributed by atoms with Crippen molar-refractivity contribution in [2.45, 2.75) is 46.1 Å². The van der Waals surface area contributed by atoms with Crippen LogP contribution in [0.15, 0.2) is 97.6 Å². The van der Waals surface area contributed by atoms with Gasteiger partial charge in [0.2, 0.25) is 5.91 Å². The van der Waals surface area contributed by atoms with E-state index in [1.807, 2.05) is 66.9 Å². The summed E-state index contributed by atoms with van der Waals surface area (Å²) < 4.78 is 2.05. The van der Waals surface area contributed by atoms with Crippen molar-refractivity contribution in [1.82, 2.24) is 29.5 Å². The normalized spacial score (nSPS) is 15.5. The van der Waals surface area contributed by atoms with Gasteiger partial charge in [-0.2, -0.15) is 0 Å². The average molecular weight is 568 g/mol. The van der Waals surface area contributed by atoms with E-state index in [9.17, 15) is 4.79 Å². The number of fused-ring (bicyclic) bond motifs is 2. The molecule has 1 atom stereocenters. The molecule has 0 bridgehead atoms. The maximum Gasteiger partial charge on any atom is 0.235 e. The summed E-state index contributed by atoms with van der Waals surface area (Å²) >= 11 is 0. The van der Waals surface area contributed by atoms with Crippen LogP contribution in [0.5, 0.6) is 0 Å². The van der Waals surface area contributed by atoms with Crippen LogP contribution >= 0.6 is 0 Å². The molecule has 8 nitrogen and oxygen atoms in total. The Hall–Kier alpha value is -5.24. The molecule has 0 saturated heterocycles. The number of nitrogens with one attached hydrogen (secondary N) is 1. The van der Waals surface area contributed by atoms with Gasteiger partial charge in [0.25, 0.3) is 0 Å². The zero-order valence-corrected chi connectivity index (χ0v) is 24.7. The number of imidazole rings is 1. The summed E-state index contributed by atoms with van der Waals surface area (Å²) in [5, 5.41) is 3.07. The minimum absolute atomic E-state index is 0.00301. The predicted molar refractivity (Wildman–Crippen MR) is 170 cm³/mol. The monoisotopic (exact) mass is 567 g/mol. The highest BCUT2D eigenvalue weighted by atomic mass is 16.2. The highest BCUT2D eigenvalue weighted by molar-refractivity contribution is 6.07. The first kappa shape index (κ1) is 27.9. The lowest BCUT2D eigenvalue weighted by Gasteiger charge is -2.23. The minimum atomic E-state index is -0.688. The molecular formula is C35H33N7O. The zero-order chi connectivity index (χ0) is 30.0. The van der Waals surface area contributed by atoms with Crippen molar-refractivity contribution in [1.29, 1.82) is 0 Å². The van der Waals surface area contributed by atoms with Gasteiger partial charge in [-0.05, 0) is 57.4 Å². The lowest BCUT2D eigenvalue weighted by Crippen LogP contribution is -2.33. The molecule has 3 aromatic carbocycles. The Morgan fingerprint density at radius 3 is 2.19 bits per heavy atom. The number of carbonyl (C=O) groups excluding carboxylic acids is 1. The molecular weight excluding hydrogens is 534 g/mol. The van der Waals surface area contributed by atoms with E-state index < -0.39 is 5.41 Å². The van der Waals surface area contributed by atoms with E-state index in [0.717, 1.165) is 45.1 Å². The molecule has 1 unspecified atom stereocenters. The van der Waals surface area contributed by atoms with Crippen molar-refractivity contribution in [3.63, 3.8) is 0 Å². The van der Waals surface area contributed by atoms with Crippen molar-refractivity contribution in [3.8, 4) is 22.6 Å².